The molecule has 6 rings (SSSR count). The van der Waals surface area contributed by atoms with Crippen molar-refractivity contribution in [3.8, 4) is 0 Å². The molecule has 0 aromatic carbocycles. The Morgan fingerprint density at radius 1 is 0.651 bits per heavy atom. The maximum atomic E-state index is 11.6. The topological polar surface area (TPSA) is 309 Å². The van der Waals surface area contributed by atoms with Crippen LogP contribution in [0.25, 0.3) is 0 Å². The first-order chi connectivity index (χ1) is 29.8. The quantitative estimate of drug-likeness (QED) is 0.0692. The van der Waals surface area contributed by atoms with Crippen LogP contribution in [-0.4, -0.2) is 148 Å². The molecule has 0 bridgehead atoms. The van der Waals surface area contributed by atoms with Gasteiger partial charge in [-0.1, -0.05) is 27.7 Å². The molecule has 0 aromatic heterocycles. The van der Waals surface area contributed by atoms with E-state index in [1.165, 1.54) is 0 Å². The summed E-state index contributed by atoms with van der Waals surface area (Å²) in [7, 11) is 0. The molecule has 4 aliphatic carbocycles. The Balaban J connectivity index is 1.18. The van der Waals surface area contributed by atoms with E-state index in [4.69, 9.17) is 33.9 Å². The second-order valence-electron chi connectivity index (χ2n) is 19.9. The lowest BCUT2D eigenvalue weighted by Crippen LogP contribution is -2.55. The van der Waals surface area contributed by atoms with E-state index in [0.29, 0.717) is 48.3 Å². The average Bonchev–Trinajstić information content (AvgIpc) is 3.70. The third kappa shape index (κ3) is 9.70. The van der Waals surface area contributed by atoms with Crippen LogP contribution in [0.4, 0.5) is 0 Å². The van der Waals surface area contributed by atoms with Gasteiger partial charge in [0.25, 0.3) is 6.29 Å². The molecule has 0 radical (unpaired) electrons. The van der Waals surface area contributed by atoms with Crippen molar-refractivity contribution >= 4 is 0 Å². The first-order valence-corrected chi connectivity index (χ1v) is 23.0. The van der Waals surface area contributed by atoms with Gasteiger partial charge in [0.2, 0.25) is 18.3 Å². The van der Waals surface area contributed by atoms with Gasteiger partial charge >= 0.3 is 0 Å². The molecule has 0 aromatic rings. The summed E-state index contributed by atoms with van der Waals surface area (Å²) < 4.78 is 30.2. The zero-order valence-electron chi connectivity index (χ0n) is 37.0. The van der Waals surface area contributed by atoms with Crippen LogP contribution in [0.3, 0.4) is 0 Å². The second kappa shape index (κ2) is 20.2. The molecule has 63 heavy (non-hydrogen) atoms. The summed E-state index contributed by atoms with van der Waals surface area (Å²) in [5.74, 6) is -4.45. The van der Waals surface area contributed by atoms with Gasteiger partial charge in [0.05, 0.1) is 18.8 Å². The van der Waals surface area contributed by atoms with E-state index in [9.17, 15) is 56.2 Å². The Bertz CT molecular complexity index is 1640. The highest BCUT2D eigenvalue weighted by Gasteiger charge is 2.69. The van der Waals surface area contributed by atoms with Crippen LogP contribution in [0, 0.1) is 52.3 Å². The monoisotopic (exact) mass is 902 g/mol. The van der Waals surface area contributed by atoms with E-state index in [1.807, 2.05) is 0 Å². The number of ether oxygens (including phenoxy) is 5. The third-order valence-electron chi connectivity index (χ3n) is 16.3. The van der Waals surface area contributed by atoms with Crippen molar-refractivity contribution in [2.24, 2.45) is 52.3 Å². The minimum absolute atomic E-state index is 0.0118. The summed E-state index contributed by atoms with van der Waals surface area (Å²) in [6.07, 6.45) is -5.38. The third-order valence-corrected chi connectivity index (χ3v) is 16.3. The van der Waals surface area contributed by atoms with Gasteiger partial charge in [-0.05, 0) is 104 Å². The summed E-state index contributed by atoms with van der Waals surface area (Å²) in [6.45, 7) is 8.28. The fourth-order valence-corrected chi connectivity index (χ4v) is 12.9. The van der Waals surface area contributed by atoms with Crippen molar-refractivity contribution in [3.63, 3.8) is 0 Å². The summed E-state index contributed by atoms with van der Waals surface area (Å²) in [6, 6.07) is 0. The number of rotatable bonds is 18. The number of aliphatic hydroxyl groups is 13. The Hall–Kier alpha value is -2.46. The lowest BCUT2D eigenvalue weighted by molar-refractivity contribution is -0.273. The highest BCUT2D eigenvalue weighted by atomic mass is 16.7. The maximum absolute atomic E-state index is 11.6. The fourth-order valence-electron chi connectivity index (χ4n) is 12.9. The summed E-state index contributed by atoms with van der Waals surface area (Å²) >= 11 is 0. The first-order valence-electron chi connectivity index (χ1n) is 23.0. The van der Waals surface area contributed by atoms with Crippen molar-refractivity contribution < 1.29 is 90.1 Å². The van der Waals surface area contributed by atoms with Crippen LogP contribution in [-0.2, 0) is 23.7 Å². The summed E-state index contributed by atoms with van der Waals surface area (Å²) in [4.78, 5) is 0. The van der Waals surface area contributed by atoms with Gasteiger partial charge in [0.1, 0.15) is 18.3 Å². The van der Waals surface area contributed by atoms with Crippen molar-refractivity contribution in [2.75, 3.05) is 26.4 Å². The van der Waals surface area contributed by atoms with Crippen LogP contribution in [0.2, 0.25) is 0 Å². The van der Waals surface area contributed by atoms with Gasteiger partial charge in [0, 0.05) is 51.4 Å². The molecule has 18 atom stereocenters. The molecule has 0 amide bonds. The molecule has 6 fully saturated rings. The number of hydrogen-bond donors (Lipinski definition) is 13. The van der Waals surface area contributed by atoms with E-state index in [0.717, 1.165) is 58.0 Å². The Morgan fingerprint density at radius 3 is 1.87 bits per heavy atom. The van der Waals surface area contributed by atoms with Crippen LogP contribution >= 0.6 is 0 Å². The van der Waals surface area contributed by atoms with Crippen LogP contribution < -0.4 is 0 Å². The molecule has 6 aliphatic rings. The highest BCUT2D eigenvalue weighted by molar-refractivity contribution is 5.17. The van der Waals surface area contributed by atoms with Crippen molar-refractivity contribution in [3.05, 3.63) is 34.6 Å². The second-order valence-corrected chi connectivity index (χ2v) is 19.9. The molecule has 18 heteroatoms. The van der Waals surface area contributed by atoms with Gasteiger partial charge in [-0.3, -0.25) is 0 Å². The zero-order chi connectivity index (χ0) is 46.2. The molecular formula is C45H74O18. The predicted octanol–water partition coefficient (Wildman–Crippen LogP) is 3.47. The smallest absolute Gasteiger partial charge is 0.259 e. The van der Waals surface area contributed by atoms with Crippen LogP contribution in [0.5, 0.6) is 0 Å². The number of aliphatic hydroxyl groups excluding tert-OH is 13. The summed E-state index contributed by atoms with van der Waals surface area (Å²) in [5.41, 5.74) is 0.147. The fraction of sp³-hybridized carbons (Fsp3) is 0.867. The summed E-state index contributed by atoms with van der Waals surface area (Å²) in [5, 5.41) is 134. The first kappa shape index (κ1) is 50.0. The molecule has 1 spiro atoms. The van der Waals surface area contributed by atoms with Crippen LogP contribution in [0.1, 0.15) is 111 Å². The SMILES string of the molecule is C[C@H]1CC[C@@]2(OC1)O[C@H]1C[C@H]3[C@@H]4CC[C@@H]5C[C@@H](OC(O)/C(OC(O)/C(O)=C(/O)C(O)CCO)=C(/O)C(CCO)OC(O)/C(O)=C(\O)C(O)CCO)CC[C@]5(C)[C@H]4CC[C@]3(C)[C@H]1[C@@H]2C. The zero-order valence-corrected chi connectivity index (χ0v) is 37.0. The Labute approximate surface area is 369 Å². The van der Waals surface area contributed by atoms with E-state index in [-0.39, 0.29) is 22.9 Å². The number of fused-ring (bicyclic) bond motifs is 7. The van der Waals surface area contributed by atoms with Gasteiger partial charge in [-0.15, -0.1) is 0 Å². The predicted molar refractivity (Wildman–Crippen MR) is 222 cm³/mol. The molecule has 6 unspecified atom stereocenters. The van der Waals surface area contributed by atoms with E-state index >= 15 is 0 Å². The molecule has 2 saturated heterocycles. The van der Waals surface area contributed by atoms with Gasteiger partial charge < -0.3 is 90.1 Å². The number of hydrogen-bond acceptors (Lipinski definition) is 18. The van der Waals surface area contributed by atoms with E-state index in [2.05, 4.69) is 27.7 Å². The standard InChI is InChI=1S/C45H74O18/c1-22-7-15-45(59-21-22)23(2)33-32(63-45)20-28-26-6-5-24-19-25(8-13-43(24,3)27(26)9-14-44(28,33)4)60-42(58)39(62-41(57)38(55)35(52)30(50)11-17-47)36(53)31(12-18-48)61-40(56)37(54)34(51)29(49)10-16-46/h22-33,40-42,46-58H,5-21H2,1-4H3/b37-34+,38-35-,39-36-/t22-,23-,24+,25-,26+,27-,28-,29?,30?,31?,32-,33-,40?,41?,42?,43-,44-,45+/m0/s1. The van der Waals surface area contributed by atoms with Crippen molar-refractivity contribution in [2.45, 2.75) is 166 Å². The molecule has 2 aliphatic heterocycles. The normalized spacial score (nSPS) is 40.5. The van der Waals surface area contributed by atoms with Gasteiger partial charge in [-0.25, -0.2) is 0 Å². The molecule has 13 N–H and O–H groups in total. The lowest BCUT2D eigenvalue weighted by atomic mass is 9.44. The molecular weight excluding hydrogens is 828 g/mol. The van der Waals surface area contributed by atoms with Crippen molar-refractivity contribution in [1.29, 1.82) is 0 Å². The maximum Gasteiger partial charge on any atom is 0.259 e. The Morgan fingerprint density at radius 2 is 1.27 bits per heavy atom. The average molecular weight is 903 g/mol. The lowest BCUT2D eigenvalue weighted by Gasteiger charge is -2.61. The largest absolute Gasteiger partial charge is 0.506 e. The molecule has 18 nitrogen and oxygen atoms in total. The minimum Gasteiger partial charge on any atom is -0.506 e. The molecule has 2 heterocycles. The van der Waals surface area contributed by atoms with Gasteiger partial charge in [0.15, 0.2) is 34.6 Å². The van der Waals surface area contributed by atoms with Gasteiger partial charge in [-0.2, -0.15) is 0 Å². The van der Waals surface area contributed by atoms with E-state index < -0.39 is 123 Å². The highest BCUT2D eigenvalue weighted by Crippen LogP contribution is 2.71. The minimum atomic E-state index is -2.56. The molecule has 362 valence electrons. The van der Waals surface area contributed by atoms with Crippen LogP contribution in [0.15, 0.2) is 34.6 Å². The Kier molecular flexibility index (Phi) is 16.0. The molecule has 4 saturated carbocycles. The van der Waals surface area contributed by atoms with Crippen molar-refractivity contribution in [1.82, 2.24) is 0 Å². The van der Waals surface area contributed by atoms with E-state index in [1.54, 1.807) is 0 Å².